The number of nitrogens with one attached hydrogen (secondary N) is 1. The third kappa shape index (κ3) is 3.43. The minimum Gasteiger partial charge on any atom is -0.308 e. The molecule has 0 aliphatic heterocycles. The van der Waals surface area contributed by atoms with Gasteiger partial charge in [0.15, 0.2) is 0 Å². The van der Waals surface area contributed by atoms with E-state index in [1.54, 1.807) is 4.31 Å². The summed E-state index contributed by atoms with van der Waals surface area (Å²) in [6.45, 7) is 3.14. The summed E-state index contributed by atoms with van der Waals surface area (Å²) in [6, 6.07) is 2.97. The first-order valence-corrected chi connectivity index (χ1v) is 7.94. The molecule has 1 aliphatic carbocycles. The van der Waals surface area contributed by atoms with Crippen LogP contribution in [0.5, 0.6) is 0 Å². The molecule has 1 aromatic heterocycles. The summed E-state index contributed by atoms with van der Waals surface area (Å²) in [5.41, 5.74) is 2.37. The molecule has 0 radical (unpaired) electrons. The number of anilines is 1. The van der Waals surface area contributed by atoms with Crippen LogP contribution in [0.15, 0.2) is 23.2 Å². The number of nitrogens with zero attached hydrogens (tertiary/aromatic N) is 2. The highest BCUT2D eigenvalue weighted by Crippen LogP contribution is 2.31. The zero-order valence-corrected chi connectivity index (χ0v) is 11.9. The van der Waals surface area contributed by atoms with Crippen LogP contribution >= 0.6 is 0 Å². The van der Waals surface area contributed by atoms with Crippen LogP contribution < -0.4 is 11.3 Å². The molecule has 0 bridgehead atoms. The maximum absolute atomic E-state index is 12.6. The number of pyridine rings is 1. The number of nitrogen functional groups attached to an aromatic ring is 1. The van der Waals surface area contributed by atoms with Crippen molar-refractivity contribution >= 4 is 15.8 Å². The Labute approximate surface area is 114 Å². The molecule has 6 nitrogen and oxygen atoms in total. The highest BCUT2D eigenvalue weighted by Gasteiger charge is 2.31. The van der Waals surface area contributed by atoms with Gasteiger partial charge in [0.25, 0.3) is 0 Å². The summed E-state index contributed by atoms with van der Waals surface area (Å²) in [4.78, 5) is 4.17. The lowest BCUT2D eigenvalue weighted by Crippen LogP contribution is -2.33. The molecule has 7 heteroatoms. The number of hydrogen-bond donors (Lipinski definition) is 2. The van der Waals surface area contributed by atoms with E-state index in [9.17, 15) is 8.42 Å². The van der Waals surface area contributed by atoms with Gasteiger partial charge in [-0.15, -0.1) is 0 Å². The van der Waals surface area contributed by atoms with Crippen molar-refractivity contribution in [1.29, 1.82) is 0 Å². The van der Waals surface area contributed by atoms with Crippen LogP contribution in [-0.2, 0) is 10.0 Å². The van der Waals surface area contributed by atoms with E-state index in [0.717, 1.165) is 19.3 Å². The number of aromatic nitrogens is 1. The summed E-state index contributed by atoms with van der Waals surface area (Å²) in [7, 11) is -3.45. The van der Waals surface area contributed by atoms with Crippen molar-refractivity contribution in [2.75, 3.05) is 18.5 Å². The zero-order valence-electron chi connectivity index (χ0n) is 11.0. The van der Waals surface area contributed by atoms with E-state index in [4.69, 9.17) is 5.84 Å². The topological polar surface area (TPSA) is 88.3 Å². The summed E-state index contributed by atoms with van der Waals surface area (Å²) in [5.74, 6) is 6.14. The SMILES string of the molecule is CCCN(CC1CC1)S(=O)(=O)c1ccnc(NN)c1. The van der Waals surface area contributed by atoms with Gasteiger partial charge in [-0.2, -0.15) is 4.31 Å². The molecular weight excluding hydrogens is 264 g/mol. The molecule has 2 rings (SSSR count). The third-order valence-corrected chi connectivity index (χ3v) is 5.01. The smallest absolute Gasteiger partial charge is 0.243 e. The lowest BCUT2D eigenvalue weighted by atomic mass is 10.4. The zero-order chi connectivity index (χ0) is 13.9. The van der Waals surface area contributed by atoms with Gasteiger partial charge in [-0.25, -0.2) is 19.2 Å². The van der Waals surface area contributed by atoms with Crippen LogP contribution in [0.2, 0.25) is 0 Å². The molecule has 0 spiro atoms. The molecule has 0 aromatic carbocycles. The molecule has 19 heavy (non-hydrogen) atoms. The van der Waals surface area contributed by atoms with Gasteiger partial charge >= 0.3 is 0 Å². The summed E-state index contributed by atoms with van der Waals surface area (Å²) < 4.78 is 26.7. The first-order valence-electron chi connectivity index (χ1n) is 6.50. The molecule has 1 aromatic rings. The maximum Gasteiger partial charge on any atom is 0.243 e. The molecule has 1 fully saturated rings. The quantitative estimate of drug-likeness (QED) is 0.580. The number of sulfonamides is 1. The van der Waals surface area contributed by atoms with E-state index in [-0.39, 0.29) is 4.90 Å². The van der Waals surface area contributed by atoms with Gasteiger partial charge in [-0.05, 0) is 31.2 Å². The van der Waals surface area contributed by atoms with Gasteiger partial charge in [0, 0.05) is 25.4 Å². The van der Waals surface area contributed by atoms with Crippen LogP contribution in [0.25, 0.3) is 0 Å². The molecule has 0 atom stereocenters. The molecule has 0 amide bonds. The summed E-state index contributed by atoms with van der Waals surface area (Å²) in [6.07, 6.45) is 4.51. The molecule has 1 saturated carbocycles. The summed E-state index contributed by atoms with van der Waals surface area (Å²) in [5, 5.41) is 0. The second kappa shape index (κ2) is 5.85. The average molecular weight is 284 g/mol. The van der Waals surface area contributed by atoms with Gasteiger partial charge < -0.3 is 5.43 Å². The van der Waals surface area contributed by atoms with Crippen LogP contribution in [0, 0.1) is 5.92 Å². The van der Waals surface area contributed by atoms with Crippen LogP contribution in [0.3, 0.4) is 0 Å². The molecule has 1 aliphatic rings. The van der Waals surface area contributed by atoms with Crippen molar-refractivity contribution < 1.29 is 8.42 Å². The van der Waals surface area contributed by atoms with Gasteiger partial charge in [-0.3, -0.25) is 0 Å². The first-order chi connectivity index (χ1) is 9.07. The second-order valence-corrected chi connectivity index (χ2v) is 6.77. The minimum atomic E-state index is -3.45. The Hall–Kier alpha value is -1.18. The fourth-order valence-electron chi connectivity index (χ4n) is 1.95. The Balaban J connectivity index is 2.25. The highest BCUT2D eigenvalue weighted by atomic mass is 32.2. The highest BCUT2D eigenvalue weighted by molar-refractivity contribution is 7.89. The molecule has 3 N–H and O–H groups in total. The summed E-state index contributed by atoms with van der Waals surface area (Å²) >= 11 is 0. The van der Waals surface area contributed by atoms with Crippen molar-refractivity contribution in [3.8, 4) is 0 Å². The normalized spacial score (nSPS) is 15.7. The fourth-order valence-corrected chi connectivity index (χ4v) is 3.57. The van der Waals surface area contributed by atoms with Crippen molar-refractivity contribution in [2.45, 2.75) is 31.1 Å². The van der Waals surface area contributed by atoms with Crippen LogP contribution in [0.4, 0.5) is 5.82 Å². The third-order valence-electron chi connectivity index (χ3n) is 3.15. The Kier molecular flexibility index (Phi) is 4.38. The monoisotopic (exact) mass is 284 g/mol. The molecule has 0 unspecified atom stereocenters. The van der Waals surface area contributed by atoms with Crippen molar-refractivity contribution in [3.05, 3.63) is 18.3 Å². The van der Waals surface area contributed by atoms with Crippen molar-refractivity contribution in [1.82, 2.24) is 9.29 Å². The van der Waals surface area contributed by atoms with E-state index in [2.05, 4.69) is 10.4 Å². The first kappa shape index (κ1) is 14.2. The molecule has 106 valence electrons. The van der Waals surface area contributed by atoms with Gasteiger partial charge in [0.05, 0.1) is 4.90 Å². The predicted octanol–water partition coefficient (Wildman–Crippen LogP) is 1.18. The lowest BCUT2D eigenvalue weighted by Gasteiger charge is -2.21. The minimum absolute atomic E-state index is 0.240. The van der Waals surface area contributed by atoms with E-state index >= 15 is 0 Å². The van der Waals surface area contributed by atoms with Gasteiger partial charge in [-0.1, -0.05) is 6.92 Å². The molecule has 1 heterocycles. The Morgan fingerprint density at radius 2 is 2.26 bits per heavy atom. The Morgan fingerprint density at radius 1 is 1.53 bits per heavy atom. The number of hydrazine groups is 1. The van der Waals surface area contributed by atoms with E-state index in [1.807, 2.05) is 6.92 Å². The second-order valence-electron chi connectivity index (χ2n) is 4.83. The van der Waals surface area contributed by atoms with Crippen molar-refractivity contribution in [3.63, 3.8) is 0 Å². The molecular formula is C12H20N4O2S. The molecule has 0 saturated heterocycles. The number of nitrogens with two attached hydrogens (primary N) is 1. The predicted molar refractivity (Wildman–Crippen MR) is 73.8 cm³/mol. The largest absolute Gasteiger partial charge is 0.308 e. The van der Waals surface area contributed by atoms with Gasteiger partial charge in [0.1, 0.15) is 5.82 Å². The fraction of sp³-hybridized carbons (Fsp3) is 0.583. The standard InChI is InChI=1S/C12H20N4O2S/c1-2-7-16(9-10-3-4-10)19(17,18)11-5-6-14-12(8-11)15-13/h5-6,8,10H,2-4,7,9,13H2,1H3,(H,14,15). The number of hydrogen-bond acceptors (Lipinski definition) is 5. The average Bonchev–Trinajstić information content (AvgIpc) is 3.22. The Morgan fingerprint density at radius 3 is 2.84 bits per heavy atom. The lowest BCUT2D eigenvalue weighted by molar-refractivity contribution is 0.395. The van der Waals surface area contributed by atoms with Crippen LogP contribution in [-0.4, -0.2) is 30.8 Å². The van der Waals surface area contributed by atoms with Crippen molar-refractivity contribution in [2.24, 2.45) is 11.8 Å². The van der Waals surface area contributed by atoms with Gasteiger partial charge in [0.2, 0.25) is 10.0 Å². The van der Waals surface area contributed by atoms with E-state index in [1.165, 1.54) is 18.3 Å². The van der Waals surface area contributed by atoms with Crippen LogP contribution in [0.1, 0.15) is 26.2 Å². The van der Waals surface area contributed by atoms with E-state index < -0.39 is 10.0 Å². The van der Waals surface area contributed by atoms with E-state index in [0.29, 0.717) is 24.8 Å². The number of rotatable bonds is 7. The Bertz CT molecular complexity index is 528. The maximum atomic E-state index is 12.6.